The van der Waals surface area contributed by atoms with E-state index in [1.165, 1.54) is 10.6 Å². The lowest BCUT2D eigenvalue weighted by molar-refractivity contribution is 0.331. The maximum absolute atomic E-state index is 14.2. The van der Waals surface area contributed by atoms with Crippen molar-refractivity contribution in [3.63, 3.8) is 0 Å². The second kappa shape index (κ2) is 7.36. The lowest BCUT2D eigenvalue weighted by Gasteiger charge is -2.30. The Morgan fingerprint density at radius 2 is 2.04 bits per heavy atom. The highest BCUT2D eigenvalue weighted by Crippen LogP contribution is 2.23. The molecular weight excluding hydrogens is 383 g/mol. The second-order valence-electron chi connectivity index (χ2n) is 6.88. The van der Waals surface area contributed by atoms with Crippen LogP contribution < -0.4 is 10.6 Å². The van der Waals surface area contributed by atoms with Gasteiger partial charge in [-0.2, -0.15) is 4.98 Å². The van der Waals surface area contributed by atoms with Crippen LogP contribution in [0.4, 0.5) is 21.8 Å². The third-order valence-electron chi connectivity index (χ3n) is 4.82. The van der Waals surface area contributed by atoms with Crippen molar-refractivity contribution < 1.29 is 12.8 Å². The van der Waals surface area contributed by atoms with E-state index in [9.17, 15) is 12.8 Å². The van der Waals surface area contributed by atoms with Crippen LogP contribution in [0, 0.1) is 5.82 Å². The Morgan fingerprint density at radius 3 is 2.79 bits per heavy atom. The Labute approximate surface area is 162 Å². The number of sulfonamides is 1. The summed E-state index contributed by atoms with van der Waals surface area (Å²) in [5.74, 6) is -0.150. The number of H-pyrrole nitrogens is 1. The van der Waals surface area contributed by atoms with E-state index >= 15 is 0 Å². The molecule has 1 aromatic carbocycles. The van der Waals surface area contributed by atoms with Crippen LogP contribution in [0.2, 0.25) is 0 Å². The maximum Gasteiger partial charge on any atom is 0.229 e. The molecule has 148 valence electrons. The standard InChI is InChI=1S/C18H21FN6O2S/c1-28(26,27)25-8-5-13(6-9-25)22-17-15(19)11-21-18(24-17)23-14-2-3-16-12(10-14)4-7-20-16/h2-4,7,10-11,13,20H,5-6,8-9H2,1H3,(H2,21,22,23,24). The lowest BCUT2D eigenvalue weighted by Crippen LogP contribution is -2.42. The van der Waals surface area contributed by atoms with Gasteiger partial charge in [-0.15, -0.1) is 0 Å². The highest BCUT2D eigenvalue weighted by Gasteiger charge is 2.25. The highest BCUT2D eigenvalue weighted by atomic mass is 32.2. The molecule has 10 heteroatoms. The molecule has 2 aromatic heterocycles. The monoisotopic (exact) mass is 404 g/mol. The molecule has 0 amide bonds. The van der Waals surface area contributed by atoms with Gasteiger partial charge in [-0.1, -0.05) is 0 Å². The third-order valence-corrected chi connectivity index (χ3v) is 6.12. The first-order valence-corrected chi connectivity index (χ1v) is 10.8. The number of aromatic amines is 1. The van der Waals surface area contributed by atoms with Gasteiger partial charge >= 0.3 is 0 Å². The van der Waals surface area contributed by atoms with Gasteiger partial charge in [0.25, 0.3) is 0 Å². The smallest absolute Gasteiger partial charge is 0.229 e. The first kappa shape index (κ1) is 18.6. The summed E-state index contributed by atoms with van der Waals surface area (Å²) in [6, 6.07) is 7.69. The zero-order chi connectivity index (χ0) is 19.7. The van der Waals surface area contributed by atoms with E-state index in [0.29, 0.717) is 25.9 Å². The highest BCUT2D eigenvalue weighted by molar-refractivity contribution is 7.88. The Hall–Kier alpha value is -2.72. The van der Waals surface area contributed by atoms with Gasteiger partial charge in [-0.05, 0) is 37.1 Å². The van der Waals surface area contributed by atoms with Crippen molar-refractivity contribution in [2.24, 2.45) is 0 Å². The van der Waals surface area contributed by atoms with Crippen LogP contribution in [-0.2, 0) is 10.0 Å². The molecule has 1 fully saturated rings. The van der Waals surface area contributed by atoms with Crippen LogP contribution in [0.1, 0.15) is 12.8 Å². The van der Waals surface area contributed by atoms with Gasteiger partial charge < -0.3 is 15.6 Å². The number of anilines is 3. The van der Waals surface area contributed by atoms with Gasteiger partial charge in [0.1, 0.15) is 0 Å². The summed E-state index contributed by atoms with van der Waals surface area (Å²) in [5, 5.41) is 7.21. The van der Waals surface area contributed by atoms with Crippen LogP contribution in [0.25, 0.3) is 10.9 Å². The zero-order valence-electron chi connectivity index (χ0n) is 15.3. The van der Waals surface area contributed by atoms with Crippen molar-refractivity contribution in [3.05, 3.63) is 42.5 Å². The number of nitrogens with zero attached hydrogens (tertiary/aromatic N) is 3. The minimum atomic E-state index is -3.19. The molecule has 0 aliphatic carbocycles. The summed E-state index contributed by atoms with van der Waals surface area (Å²) in [6.45, 7) is 0.815. The normalized spacial score (nSPS) is 16.4. The number of benzene rings is 1. The molecule has 3 aromatic rings. The molecule has 0 saturated carbocycles. The third kappa shape index (κ3) is 4.07. The van der Waals surface area contributed by atoms with Gasteiger partial charge in [-0.25, -0.2) is 22.1 Å². The SMILES string of the molecule is CS(=O)(=O)N1CCC(Nc2nc(Nc3ccc4[nH]ccc4c3)ncc2F)CC1. The van der Waals surface area contributed by atoms with E-state index in [0.717, 1.165) is 22.8 Å². The van der Waals surface area contributed by atoms with E-state index in [1.54, 1.807) is 0 Å². The van der Waals surface area contributed by atoms with Crippen molar-refractivity contribution in [2.75, 3.05) is 30.0 Å². The molecule has 0 atom stereocenters. The number of nitrogens with one attached hydrogen (secondary N) is 3. The molecular formula is C18H21FN6O2S. The first-order valence-electron chi connectivity index (χ1n) is 8.97. The van der Waals surface area contributed by atoms with Crippen LogP contribution in [0.3, 0.4) is 0 Å². The number of halogens is 1. The molecule has 0 bridgehead atoms. The summed E-state index contributed by atoms with van der Waals surface area (Å²) >= 11 is 0. The van der Waals surface area contributed by atoms with Crippen LogP contribution >= 0.6 is 0 Å². The van der Waals surface area contributed by atoms with Crippen LogP contribution in [-0.4, -0.2) is 53.1 Å². The Balaban J connectivity index is 1.45. The molecule has 3 heterocycles. The van der Waals surface area contributed by atoms with Crippen molar-refractivity contribution in [3.8, 4) is 0 Å². The second-order valence-corrected chi connectivity index (χ2v) is 8.86. The fourth-order valence-electron chi connectivity index (χ4n) is 3.31. The van der Waals surface area contributed by atoms with Crippen molar-refractivity contribution in [1.29, 1.82) is 0 Å². The predicted molar refractivity (Wildman–Crippen MR) is 107 cm³/mol. The molecule has 0 spiro atoms. The van der Waals surface area contributed by atoms with Gasteiger partial charge in [-0.3, -0.25) is 0 Å². The number of hydrogen-bond acceptors (Lipinski definition) is 6. The quantitative estimate of drug-likeness (QED) is 0.604. The summed E-state index contributed by atoms with van der Waals surface area (Å²) in [6.07, 6.45) is 5.36. The van der Waals surface area contributed by atoms with E-state index in [-0.39, 0.29) is 17.8 Å². The fraction of sp³-hybridized carbons (Fsp3) is 0.333. The number of aromatic nitrogens is 3. The molecule has 8 nitrogen and oxygen atoms in total. The summed E-state index contributed by atoms with van der Waals surface area (Å²) in [7, 11) is -3.19. The van der Waals surface area contributed by atoms with E-state index in [2.05, 4.69) is 25.6 Å². The zero-order valence-corrected chi connectivity index (χ0v) is 16.1. The first-order chi connectivity index (χ1) is 13.4. The number of piperidine rings is 1. The summed E-state index contributed by atoms with van der Waals surface area (Å²) < 4.78 is 38.8. The molecule has 1 aliphatic heterocycles. The molecule has 1 saturated heterocycles. The molecule has 28 heavy (non-hydrogen) atoms. The number of rotatable bonds is 5. The maximum atomic E-state index is 14.2. The topological polar surface area (TPSA) is 103 Å². The number of hydrogen-bond donors (Lipinski definition) is 3. The average Bonchev–Trinajstić information content (AvgIpc) is 3.12. The minimum absolute atomic E-state index is 0.0496. The average molecular weight is 404 g/mol. The van der Waals surface area contributed by atoms with Crippen molar-refractivity contribution >= 4 is 38.4 Å². The Kier molecular flexibility index (Phi) is 4.90. The number of fused-ring (bicyclic) bond motifs is 1. The van der Waals surface area contributed by atoms with Crippen molar-refractivity contribution in [2.45, 2.75) is 18.9 Å². The molecule has 1 aliphatic rings. The van der Waals surface area contributed by atoms with Gasteiger partial charge in [0.15, 0.2) is 11.6 Å². The van der Waals surface area contributed by atoms with E-state index < -0.39 is 15.8 Å². The molecule has 4 rings (SSSR count). The van der Waals surface area contributed by atoms with E-state index in [4.69, 9.17) is 0 Å². The van der Waals surface area contributed by atoms with Gasteiger partial charge in [0.05, 0.1) is 12.5 Å². The van der Waals surface area contributed by atoms with Crippen LogP contribution in [0.15, 0.2) is 36.7 Å². The Bertz CT molecular complexity index is 1090. The summed E-state index contributed by atoms with van der Waals surface area (Å²) in [5.41, 5.74) is 1.82. The molecule has 0 radical (unpaired) electrons. The molecule has 3 N–H and O–H groups in total. The van der Waals surface area contributed by atoms with Gasteiger partial charge in [0, 0.05) is 41.9 Å². The summed E-state index contributed by atoms with van der Waals surface area (Å²) in [4.78, 5) is 11.4. The van der Waals surface area contributed by atoms with Crippen molar-refractivity contribution in [1.82, 2.24) is 19.3 Å². The largest absolute Gasteiger partial charge is 0.365 e. The molecule has 0 unspecified atom stereocenters. The minimum Gasteiger partial charge on any atom is -0.365 e. The fourth-order valence-corrected chi connectivity index (χ4v) is 4.19. The van der Waals surface area contributed by atoms with Crippen LogP contribution in [0.5, 0.6) is 0 Å². The predicted octanol–water partition coefficient (Wildman–Crippen LogP) is 2.68. The van der Waals surface area contributed by atoms with E-state index in [1.807, 2.05) is 30.5 Å². The lowest BCUT2D eigenvalue weighted by atomic mass is 10.1. The Morgan fingerprint density at radius 1 is 1.25 bits per heavy atom. The van der Waals surface area contributed by atoms with Gasteiger partial charge in [0.2, 0.25) is 16.0 Å².